The van der Waals surface area contributed by atoms with Gasteiger partial charge in [0, 0.05) is 13.6 Å². The minimum Gasteiger partial charge on any atom is -0.454 e. The van der Waals surface area contributed by atoms with Gasteiger partial charge in [-0.3, -0.25) is 9.79 Å². The van der Waals surface area contributed by atoms with Crippen LogP contribution in [0.15, 0.2) is 21.5 Å². The van der Waals surface area contributed by atoms with Gasteiger partial charge in [-0.15, -0.1) is 24.0 Å². The van der Waals surface area contributed by atoms with Crippen LogP contribution in [0.2, 0.25) is 0 Å². The number of hydrogen-bond acceptors (Lipinski definition) is 3. The Balaban J connectivity index is 0.00000529. The molecule has 0 bridgehead atoms. The first-order valence-electron chi connectivity index (χ1n) is 8.43. The number of halogens is 1. The van der Waals surface area contributed by atoms with E-state index < -0.39 is 5.91 Å². The summed E-state index contributed by atoms with van der Waals surface area (Å²) in [5.74, 6) is 1.67. The second kappa shape index (κ2) is 13.1. The van der Waals surface area contributed by atoms with Gasteiger partial charge >= 0.3 is 0 Å². The average Bonchev–Trinajstić information content (AvgIpc) is 3.01. The molecule has 0 spiro atoms. The fourth-order valence-electron chi connectivity index (χ4n) is 2.49. The normalized spacial score (nSPS) is 12.4. The van der Waals surface area contributed by atoms with Gasteiger partial charge in [0.25, 0.3) is 5.91 Å². The van der Waals surface area contributed by atoms with Gasteiger partial charge < -0.3 is 20.8 Å². The van der Waals surface area contributed by atoms with Gasteiger partial charge in [-0.1, -0.05) is 33.1 Å². The molecule has 0 aromatic carbocycles. The van der Waals surface area contributed by atoms with Crippen molar-refractivity contribution in [1.29, 1.82) is 0 Å². The van der Waals surface area contributed by atoms with Crippen LogP contribution in [0.25, 0.3) is 0 Å². The lowest BCUT2D eigenvalue weighted by molar-refractivity contribution is 0.0972. The van der Waals surface area contributed by atoms with E-state index in [0.29, 0.717) is 18.2 Å². The minimum atomic E-state index is -0.558. The molecule has 138 valence electrons. The van der Waals surface area contributed by atoms with Gasteiger partial charge in [-0.2, -0.15) is 0 Å². The molecule has 1 atom stereocenters. The van der Waals surface area contributed by atoms with Crippen LogP contribution in [0.1, 0.15) is 62.3 Å². The monoisotopic (exact) mass is 450 g/mol. The molecular formula is C17H31IN4O2. The van der Waals surface area contributed by atoms with E-state index in [9.17, 15) is 4.79 Å². The minimum absolute atomic E-state index is 0. The number of rotatable bonds is 10. The molecule has 7 heteroatoms. The number of nitrogens with one attached hydrogen (secondary N) is 2. The first-order valence-corrected chi connectivity index (χ1v) is 8.43. The number of primary amides is 1. The number of carbonyl (C=O) groups is 1. The van der Waals surface area contributed by atoms with Gasteiger partial charge in [-0.05, 0) is 30.9 Å². The second-order valence-electron chi connectivity index (χ2n) is 5.73. The molecule has 0 aliphatic rings. The number of aliphatic imine (C=N–C) groups is 1. The van der Waals surface area contributed by atoms with Gasteiger partial charge in [0.1, 0.15) is 5.76 Å². The largest absolute Gasteiger partial charge is 0.454 e. The molecule has 1 aromatic heterocycles. The lowest BCUT2D eigenvalue weighted by Gasteiger charge is -2.18. The third kappa shape index (κ3) is 8.56. The lowest BCUT2D eigenvalue weighted by Crippen LogP contribution is -2.39. The summed E-state index contributed by atoms with van der Waals surface area (Å²) in [5, 5.41) is 6.55. The number of hydrogen-bond donors (Lipinski definition) is 3. The van der Waals surface area contributed by atoms with Crippen molar-refractivity contribution in [2.45, 2.75) is 52.5 Å². The van der Waals surface area contributed by atoms with Gasteiger partial charge in [0.05, 0.1) is 6.54 Å². The van der Waals surface area contributed by atoms with Crippen LogP contribution in [0.3, 0.4) is 0 Å². The third-order valence-corrected chi connectivity index (χ3v) is 3.78. The Labute approximate surface area is 162 Å². The summed E-state index contributed by atoms with van der Waals surface area (Å²) in [5.41, 5.74) is 5.17. The van der Waals surface area contributed by atoms with Crippen molar-refractivity contribution >= 4 is 35.8 Å². The molecule has 1 unspecified atom stereocenters. The Bertz CT molecular complexity index is 503. The first-order chi connectivity index (χ1) is 11.1. The van der Waals surface area contributed by atoms with Gasteiger partial charge in [0.15, 0.2) is 11.7 Å². The van der Waals surface area contributed by atoms with E-state index >= 15 is 0 Å². The fraction of sp³-hybridized carbons (Fsp3) is 0.647. The summed E-state index contributed by atoms with van der Waals surface area (Å²) < 4.78 is 5.34. The summed E-state index contributed by atoms with van der Waals surface area (Å²) in [4.78, 5) is 15.2. The highest BCUT2D eigenvalue weighted by molar-refractivity contribution is 14.0. The number of nitrogens with zero attached hydrogens (tertiary/aromatic N) is 1. The Morgan fingerprint density at radius 1 is 1.25 bits per heavy atom. The fourth-order valence-corrected chi connectivity index (χ4v) is 2.49. The molecule has 6 nitrogen and oxygen atoms in total. The zero-order valence-electron chi connectivity index (χ0n) is 14.9. The van der Waals surface area contributed by atoms with Crippen molar-refractivity contribution in [3.05, 3.63) is 23.7 Å². The van der Waals surface area contributed by atoms with Gasteiger partial charge in [0.2, 0.25) is 0 Å². The van der Waals surface area contributed by atoms with Crippen LogP contribution >= 0.6 is 24.0 Å². The molecule has 1 aromatic rings. The molecule has 0 fully saturated rings. The van der Waals surface area contributed by atoms with Crippen LogP contribution in [0, 0.1) is 5.92 Å². The average molecular weight is 450 g/mol. The predicted molar refractivity (Wildman–Crippen MR) is 109 cm³/mol. The van der Waals surface area contributed by atoms with Crippen molar-refractivity contribution in [3.63, 3.8) is 0 Å². The van der Waals surface area contributed by atoms with E-state index in [-0.39, 0.29) is 29.7 Å². The van der Waals surface area contributed by atoms with Crippen LogP contribution in [-0.2, 0) is 6.54 Å². The highest BCUT2D eigenvalue weighted by Gasteiger charge is 2.10. The van der Waals surface area contributed by atoms with Gasteiger partial charge in [-0.25, -0.2) is 0 Å². The van der Waals surface area contributed by atoms with Crippen molar-refractivity contribution in [2.24, 2.45) is 16.6 Å². The number of nitrogens with two attached hydrogens (primary N) is 1. The number of carbonyl (C=O) groups excluding carboxylic acids is 1. The SMILES string of the molecule is CCCCC(CCC)CNC(=NC)NCc1ccc(C(N)=O)o1.I. The van der Waals surface area contributed by atoms with Crippen LogP contribution in [-0.4, -0.2) is 25.5 Å². The van der Waals surface area contributed by atoms with E-state index in [4.69, 9.17) is 10.2 Å². The number of furan rings is 1. The maximum absolute atomic E-state index is 11.0. The Hall–Kier alpha value is -1.25. The first kappa shape index (κ1) is 22.8. The molecule has 0 saturated carbocycles. The Morgan fingerprint density at radius 2 is 2.00 bits per heavy atom. The van der Waals surface area contributed by atoms with Crippen molar-refractivity contribution < 1.29 is 9.21 Å². The molecule has 0 saturated heterocycles. The lowest BCUT2D eigenvalue weighted by atomic mass is 9.97. The van der Waals surface area contributed by atoms with E-state index in [1.807, 2.05) is 0 Å². The molecule has 1 heterocycles. The molecule has 4 N–H and O–H groups in total. The van der Waals surface area contributed by atoms with Crippen LogP contribution in [0.5, 0.6) is 0 Å². The standard InChI is InChI=1S/C17H30N4O2.HI/c1-4-6-8-13(7-5-2)11-20-17(19-3)21-12-14-9-10-15(23-14)16(18)22;/h9-10,13H,4-8,11-12H2,1-3H3,(H2,18,22)(H2,19,20,21);1H. The second-order valence-corrected chi connectivity index (χ2v) is 5.73. The summed E-state index contributed by atoms with van der Waals surface area (Å²) in [6.07, 6.45) is 6.16. The van der Waals surface area contributed by atoms with E-state index in [1.54, 1.807) is 19.2 Å². The highest BCUT2D eigenvalue weighted by atomic mass is 127. The zero-order chi connectivity index (χ0) is 17.1. The maximum Gasteiger partial charge on any atom is 0.284 e. The number of unbranched alkanes of at least 4 members (excludes halogenated alkanes) is 1. The number of amides is 1. The number of guanidine groups is 1. The quantitative estimate of drug-likeness (QED) is 0.290. The van der Waals surface area contributed by atoms with Crippen LogP contribution < -0.4 is 16.4 Å². The Morgan fingerprint density at radius 3 is 2.54 bits per heavy atom. The van der Waals surface area contributed by atoms with Crippen molar-refractivity contribution in [1.82, 2.24) is 10.6 Å². The van der Waals surface area contributed by atoms with Crippen LogP contribution in [0.4, 0.5) is 0 Å². The predicted octanol–water partition coefficient (Wildman–Crippen LogP) is 3.27. The molecule has 1 rings (SSSR count). The van der Waals surface area contributed by atoms with E-state index in [1.165, 1.54) is 32.1 Å². The van der Waals surface area contributed by atoms with Crippen molar-refractivity contribution in [2.75, 3.05) is 13.6 Å². The maximum atomic E-state index is 11.0. The topological polar surface area (TPSA) is 92.6 Å². The zero-order valence-corrected chi connectivity index (χ0v) is 17.3. The third-order valence-electron chi connectivity index (χ3n) is 3.78. The smallest absolute Gasteiger partial charge is 0.284 e. The summed E-state index contributed by atoms with van der Waals surface area (Å²) in [6.45, 7) is 5.82. The molecule has 0 aliphatic heterocycles. The highest BCUT2D eigenvalue weighted by Crippen LogP contribution is 2.13. The molecule has 1 amide bonds. The molecule has 0 radical (unpaired) electrons. The summed E-state index contributed by atoms with van der Waals surface area (Å²) >= 11 is 0. The van der Waals surface area contributed by atoms with Crippen molar-refractivity contribution in [3.8, 4) is 0 Å². The Kier molecular flexibility index (Phi) is 12.4. The summed E-state index contributed by atoms with van der Waals surface area (Å²) in [7, 11) is 1.74. The molecular weight excluding hydrogens is 419 g/mol. The molecule has 0 aliphatic carbocycles. The summed E-state index contributed by atoms with van der Waals surface area (Å²) in [6, 6.07) is 3.32. The molecule has 24 heavy (non-hydrogen) atoms. The van der Waals surface area contributed by atoms with E-state index in [2.05, 4.69) is 29.5 Å². The van der Waals surface area contributed by atoms with E-state index in [0.717, 1.165) is 12.5 Å².